The third kappa shape index (κ3) is 2.73. The molecule has 1 heterocycles. The van der Waals surface area contributed by atoms with E-state index in [4.69, 9.17) is 10.8 Å². The van der Waals surface area contributed by atoms with Gasteiger partial charge in [-0.2, -0.15) is 5.10 Å². The van der Waals surface area contributed by atoms with Gasteiger partial charge in [-0.1, -0.05) is 0 Å². The highest BCUT2D eigenvalue weighted by Crippen LogP contribution is 2.09. The van der Waals surface area contributed by atoms with Gasteiger partial charge in [0.25, 0.3) is 0 Å². The van der Waals surface area contributed by atoms with E-state index in [9.17, 15) is 0 Å². The molecule has 4 nitrogen and oxygen atoms in total. The Hall–Kier alpha value is -1.03. The summed E-state index contributed by atoms with van der Waals surface area (Å²) < 4.78 is 1.87. The topological polar surface area (TPSA) is 64.1 Å². The van der Waals surface area contributed by atoms with E-state index in [2.05, 4.69) is 5.10 Å². The highest BCUT2D eigenvalue weighted by molar-refractivity contribution is 5.39. The Bertz CT molecular complexity index is 268. The zero-order valence-corrected chi connectivity index (χ0v) is 8.20. The van der Waals surface area contributed by atoms with Crippen LogP contribution in [0.1, 0.15) is 25.5 Å². The number of anilines is 1. The minimum atomic E-state index is -0.229. The molecule has 1 aromatic rings. The average Bonchev–Trinajstić information content (AvgIpc) is 2.35. The third-order valence-electron chi connectivity index (χ3n) is 2.13. The molecule has 0 aromatic carbocycles. The molecule has 1 aromatic heterocycles. The second-order valence-corrected chi connectivity index (χ2v) is 3.40. The maximum Gasteiger partial charge on any atom is 0.0730 e. The lowest BCUT2D eigenvalue weighted by molar-refractivity contribution is 0.179. The molecular formula is C9H17N3O. The maximum atomic E-state index is 9.05. The molecule has 4 heteroatoms. The van der Waals surface area contributed by atoms with Gasteiger partial charge in [-0.25, -0.2) is 0 Å². The zero-order valence-electron chi connectivity index (χ0n) is 8.20. The first kappa shape index (κ1) is 10.1. The lowest BCUT2D eigenvalue weighted by atomic mass is 10.2. The summed E-state index contributed by atoms with van der Waals surface area (Å²) in [5.74, 6) is 0. The van der Waals surface area contributed by atoms with Crippen molar-refractivity contribution in [1.29, 1.82) is 0 Å². The van der Waals surface area contributed by atoms with Crippen molar-refractivity contribution in [2.24, 2.45) is 0 Å². The Morgan fingerprint density at radius 2 is 2.38 bits per heavy atom. The summed E-state index contributed by atoms with van der Waals surface area (Å²) >= 11 is 0. The van der Waals surface area contributed by atoms with E-state index in [-0.39, 0.29) is 6.10 Å². The molecule has 1 unspecified atom stereocenters. The molecule has 0 amide bonds. The van der Waals surface area contributed by atoms with E-state index in [0.717, 1.165) is 30.8 Å². The van der Waals surface area contributed by atoms with Crippen LogP contribution in [0.25, 0.3) is 0 Å². The molecule has 0 radical (unpaired) electrons. The summed E-state index contributed by atoms with van der Waals surface area (Å²) in [6, 6.07) is 0. The Balaban J connectivity index is 2.41. The normalized spacial score (nSPS) is 13.2. The Morgan fingerprint density at radius 3 is 2.85 bits per heavy atom. The molecule has 0 aliphatic heterocycles. The molecule has 0 aliphatic carbocycles. The van der Waals surface area contributed by atoms with Crippen LogP contribution in [0.15, 0.2) is 6.20 Å². The Kier molecular flexibility index (Phi) is 3.31. The quantitative estimate of drug-likeness (QED) is 0.730. The number of hydrogen-bond acceptors (Lipinski definition) is 3. The summed E-state index contributed by atoms with van der Waals surface area (Å²) in [7, 11) is 0. The first-order chi connectivity index (χ1) is 6.11. The summed E-state index contributed by atoms with van der Waals surface area (Å²) in [6.45, 7) is 4.57. The number of nitrogens with two attached hydrogens (primary N) is 1. The maximum absolute atomic E-state index is 9.05. The number of hydrogen-bond donors (Lipinski definition) is 2. The van der Waals surface area contributed by atoms with Gasteiger partial charge in [-0.3, -0.25) is 4.68 Å². The summed E-state index contributed by atoms with van der Waals surface area (Å²) in [5.41, 5.74) is 7.38. The molecule has 3 N–H and O–H groups in total. The van der Waals surface area contributed by atoms with E-state index in [1.54, 1.807) is 13.1 Å². The molecule has 0 saturated carbocycles. The van der Waals surface area contributed by atoms with Gasteiger partial charge in [0.1, 0.15) is 0 Å². The first-order valence-electron chi connectivity index (χ1n) is 4.57. The molecule has 1 atom stereocenters. The minimum absolute atomic E-state index is 0.229. The van der Waals surface area contributed by atoms with E-state index >= 15 is 0 Å². The highest BCUT2D eigenvalue weighted by Gasteiger charge is 2.02. The fourth-order valence-electron chi connectivity index (χ4n) is 1.22. The molecule has 0 fully saturated rings. The van der Waals surface area contributed by atoms with Gasteiger partial charge in [0.2, 0.25) is 0 Å². The number of aliphatic hydroxyl groups is 1. The lowest BCUT2D eigenvalue weighted by Crippen LogP contribution is -2.06. The van der Waals surface area contributed by atoms with Gasteiger partial charge < -0.3 is 10.8 Å². The molecule has 13 heavy (non-hydrogen) atoms. The standard InChI is InChI=1S/C9H17N3O/c1-7(13)4-3-5-12-8(2)9(10)6-11-12/h6-7,13H,3-5,10H2,1-2H3. The van der Waals surface area contributed by atoms with Crippen molar-refractivity contribution in [1.82, 2.24) is 9.78 Å². The van der Waals surface area contributed by atoms with Crippen molar-refractivity contribution >= 4 is 5.69 Å². The van der Waals surface area contributed by atoms with Crippen molar-refractivity contribution in [2.75, 3.05) is 5.73 Å². The molecule has 74 valence electrons. The highest BCUT2D eigenvalue weighted by atomic mass is 16.3. The van der Waals surface area contributed by atoms with Gasteiger partial charge in [0.05, 0.1) is 23.7 Å². The predicted molar refractivity (Wildman–Crippen MR) is 52.3 cm³/mol. The lowest BCUT2D eigenvalue weighted by Gasteiger charge is -2.05. The number of nitrogens with zero attached hydrogens (tertiary/aromatic N) is 2. The van der Waals surface area contributed by atoms with Crippen molar-refractivity contribution in [3.8, 4) is 0 Å². The van der Waals surface area contributed by atoms with Gasteiger partial charge in [0, 0.05) is 6.54 Å². The Labute approximate surface area is 78.4 Å². The summed E-state index contributed by atoms with van der Waals surface area (Å²) in [6.07, 6.45) is 3.17. The van der Waals surface area contributed by atoms with Gasteiger partial charge in [-0.05, 0) is 26.7 Å². The van der Waals surface area contributed by atoms with E-state index in [1.165, 1.54) is 0 Å². The molecule has 0 saturated heterocycles. The van der Waals surface area contributed by atoms with Crippen LogP contribution in [0.5, 0.6) is 0 Å². The molecule has 0 spiro atoms. The molecular weight excluding hydrogens is 166 g/mol. The van der Waals surface area contributed by atoms with Gasteiger partial charge >= 0.3 is 0 Å². The van der Waals surface area contributed by atoms with Crippen LogP contribution in [-0.4, -0.2) is 21.0 Å². The number of aliphatic hydroxyl groups excluding tert-OH is 1. The second kappa shape index (κ2) is 4.28. The van der Waals surface area contributed by atoms with Crippen LogP contribution in [-0.2, 0) is 6.54 Å². The van der Waals surface area contributed by atoms with E-state index < -0.39 is 0 Å². The second-order valence-electron chi connectivity index (χ2n) is 3.40. The van der Waals surface area contributed by atoms with E-state index in [1.807, 2.05) is 11.6 Å². The van der Waals surface area contributed by atoms with Crippen LogP contribution in [0.2, 0.25) is 0 Å². The Morgan fingerprint density at radius 1 is 1.69 bits per heavy atom. The van der Waals surface area contributed by atoms with Crippen molar-refractivity contribution in [2.45, 2.75) is 39.3 Å². The smallest absolute Gasteiger partial charge is 0.0730 e. The number of aryl methyl sites for hydroxylation is 1. The number of aromatic nitrogens is 2. The van der Waals surface area contributed by atoms with Crippen molar-refractivity contribution < 1.29 is 5.11 Å². The fraction of sp³-hybridized carbons (Fsp3) is 0.667. The van der Waals surface area contributed by atoms with Crippen LogP contribution < -0.4 is 5.73 Å². The largest absolute Gasteiger partial charge is 0.396 e. The SMILES string of the molecule is Cc1c(N)cnn1CCCC(C)O. The van der Waals surface area contributed by atoms with Crippen LogP contribution in [0.3, 0.4) is 0 Å². The summed E-state index contributed by atoms with van der Waals surface area (Å²) in [5, 5.41) is 13.2. The van der Waals surface area contributed by atoms with Gasteiger partial charge in [0.15, 0.2) is 0 Å². The van der Waals surface area contributed by atoms with Crippen LogP contribution in [0.4, 0.5) is 5.69 Å². The molecule has 0 bridgehead atoms. The fourth-order valence-corrected chi connectivity index (χ4v) is 1.22. The monoisotopic (exact) mass is 183 g/mol. The van der Waals surface area contributed by atoms with Crippen LogP contribution >= 0.6 is 0 Å². The average molecular weight is 183 g/mol. The minimum Gasteiger partial charge on any atom is -0.396 e. The number of rotatable bonds is 4. The van der Waals surface area contributed by atoms with E-state index in [0.29, 0.717) is 0 Å². The third-order valence-corrected chi connectivity index (χ3v) is 2.13. The summed E-state index contributed by atoms with van der Waals surface area (Å²) in [4.78, 5) is 0. The van der Waals surface area contributed by atoms with Crippen molar-refractivity contribution in [3.05, 3.63) is 11.9 Å². The predicted octanol–water partition coefficient (Wildman–Crippen LogP) is 0.935. The van der Waals surface area contributed by atoms with Crippen LogP contribution in [0, 0.1) is 6.92 Å². The zero-order chi connectivity index (χ0) is 9.84. The first-order valence-corrected chi connectivity index (χ1v) is 4.57. The molecule has 0 aliphatic rings. The number of nitrogen functional groups attached to an aromatic ring is 1. The van der Waals surface area contributed by atoms with Gasteiger partial charge in [-0.15, -0.1) is 0 Å². The molecule has 1 rings (SSSR count). The van der Waals surface area contributed by atoms with Crippen molar-refractivity contribution in [3.63, 3.8) is 0 Å².